The summed E-state index contributed by atoms with van der Waals surface area (Å²) in [5.41, 5.74) is 2.74. The average molecular weight is 635 g/mol. The molecule has 10 heteroatoms. The number of aliphatic hydroxyl groups is 3. The Kier molecular flexibility index (Phi) is 8.49. The highest BCUT2D eigenvalue weighted by Gasteiger charge is 2.75. The Hall–Kier alpha value is -3.60. The summed E-state index contributed by atoms with van der Waals surface area (Å²) in [7, 11) is 0. The van der Waals surface area contributed by atoms with Gasteiger partial charge < -0.3 is 31.5 Å². The van der Waals surface area contributed by atoms with Crippen molar-refractivity contribution in [2.75, 3.05) is 6.54 Å². The number of carbonyl (C=O) groups is 4. The third-order valence-corrected chi connectivity index (χ3v) is 11.1. The number of nitrogens with two attached hydrogens (primary N) is 1. The Morgan fingerprint density at radius 3 is 2.35 bits per heavy atom. The molecule has 7 N–H and O–H groups in total. The second-order valence-electron chi connectivity index (χ2n) is 15.0. The van der Waals surface area contributed by atoms with Crippen molar-refractivity contribution in [2.45, 2.75) is 78.6 Å². The monoisotopic (exact) mass is 634 g/mol. The number of rotatable bonds is 7. The molecular formula is C36H46N2O8. The van der Waals surface area contributed by atoms with Crippen molar-refractivity contribution in [3.05, 3.63) is 53.1 Å². The van der Waals surface area contributed by atoms with Crippen LogP contribution in [0, 0.1) is 40.4 Å². The van der Waals surface area contributed by atoms with E-state index in [1.165, 1.54) is 6.07 Å². The number of carbonyl (C=O) groups excluding carboxylic acids is 4. The Morgan fingerprint density at radius 1 is 1.07 bits per heavy atom. The van der Waals surface area contributed by atoms with Gasteiger partial charge in [0.05, 0.1) is 17.6 Å². The van der Waals surface area contributed by atoms with Gasteiger partial charge in [0.1, 0.15) is 17.8 Å². The first-order chi connectivity index (χ1) is 21.4. The molecular weight excluding hydrogens is 588 g/mol. The van der Waals surface area contributed by atoms with Gasteiger partial charge in [-0.2, -0.15) is 0 Å². The molecule has 2 aromatic carbocycles. The second-order valence-corrected chi connectivity index (χ2v) is 15.0. The quantitative estimate of drug-likeness (QED) is 0.251. The molecule has 2 aromatic rings. The van der Waals surface area contributed by atoms with E-state index in [1.807, 2.05) is 13.0 Å². The lowest BCUT2D eigenvalue weighted by molar-refractivity contribution is -0.265. The molecule has 0 bridgehead atoms. The standard InChI is InChI=1S/C36H46N2O8/c1-17(2)12-13-38-33(45)20-9-7-8-19(14-20)21-10-11-23(39)24-22(21)15-34(5)16-35(6)26(18(3)4)29(41)25(32(37)44)30(42)36(35,46)31(43)27(34)28(24)40/h7-11,14,17-18,25-27,29,31,39,41,43,46H,12-13,15-16H2,1-6H3,(H2,37,44)(H,38,45)/t25-,26+,27-,29?,31?,34-,35-,36+/m1/s1. The van der Waals surface area contributed by atoms with Gasteiger partial charge in [-0.05, 0) is 77.3 Å². The van der Waals surface area contributed by atoms with Crippen molar-refractivity contribution in [3.63, 3.8) is 0 Å². The third-order valence-electron chi connectivity index (χ3n) is 11.1. The summed E-state index contributed by atoms with van der Waals surface area (Å²) >= 11 is 0. The molecule has 5 rings (SSSR count). The number of phenolic OH excluding ortho intramolecular Hbond substituents is 1. The molecule has 0 aliphatic heterocycles. The number of Topliss-reactive ketones (excluding diaryl/α,β-unsaturated/α-hetero) is 2. The van der Waals surface area contributed by atoms with Crippen LogP contribution in [0.3, 0.4) is 0 Å². The van der Waals surface area contributed by atoms with Gasteiger partial charge in [0.25, 0.3) is 5.91 Å². The van der Waals surface area contributed by atoms with Gasteiger partial charge in [-0.25, -0.2) is 0 Å². The van der Waals surface area contributed by atoms with Gasteiger partial charge in [0.15, 0.2) is 17.2 Å². The Labute approximate surface area is 269 Å². The van der Waals surface area contributed by atoms with E-state index in [1.54, 1.807) is 45.0 Å². The van der Waals surface area contributed by atoms with Crippen LogP contribution >= 0.6 is 0 Å². The van der Waals surface area contributed by atoms with Crippen molar-refractivity contribution in [1.82, 2.24) is 5.32 Å². The first kappa shape index (κ1) is 33.8. The van der Waals surface area contributed by atoms with Gasteiger partial charge in [-0.1, -0.05) is 59.7 Å². The van der Waals surface area contributed by atoms with Gasteiger partial charge in [0, 0.05) is 17.5 Å². The minimum absolute atomic E-state index is 0.0202. The summed E-state index contributed by atoms with van der Waals surface area (Å²) in [6, 6.07) is 10.1. The van der Waals surface area contributed by atoms with Crippen LogP contribution in [0.4, 0.5) is 0 Å². The van der Waals surface area contributed by atoms with Crippen LogP contribution in [0.5, 0.6) is 5.75 Å². The summed E-state index contributed by atoms with van der Waals surface area (Å²) in [5.74, 6) is -7.17. The number of benzene rings is 2. The van der Waals surface area contributed by atoms with Crippen molar-refractivity contribution < 1.29 is 39.6 Å². The largest absolute Gasteiger partial charge is 0.507 e. The van der Waals surface area contributed by atoms with Crippen LogP contribution in [0.25, 0.3) is 11.1 Å². The van der Waals surface area contributed by atoms with Crippen LogP contribution in [-0.2, 0) is 16.0 Å². The van der Waals surface area contributed by atoms with Crippen LogP contribution in [0.15, 0.2) is 36.4 Å². The molecule has 248 valence electrons. The van der Waals surface area contributed by atoms with Crippen LogP contribution in [0.1, 0.15) is 80.7 Å². The molecule has 10 nitrogen and oxygen atoms in total. The van der Waals surface area contributed by atoms with Gasteiger partial charge in [-0.15, -0.1) is 0 Å². The number of amides is 2. The number of hydrogen-bond donors (Lipinski definition) is 6. The summed E-state index contributed by atoms with van der Waals surface area (Å²) < 4.78 is 0. The second kappa shape index (κ2) is 11.6. The fraction of sp³-hybridized carbons (Fsp3) is 0.556. The highest BCUT2D eigenvalue weighted by molar-refractivity contribution is 6.09. The van der Waals surface area contributed by atoms with Gasteiger partial charge >= 0.3 is 0 Å². The molecule has 0 saturated heterocycles. The summed E-state index contributed by atoms with van der Waals surface area (Å²) in [6.07, 6.45) is -2.37. The summed E-state index contributed by atoms with van der Waals surface area (Å²) in [4.78, 5) is 53.7. The number of ketones is 2. The maximum atomic E-state index is 14.4. The molecule has 0 spiro atoms. The summed E-state index contributed by atoms with van der Waals surface area (Å²) in [6.45, 7) is 11.7. The molecule has 2 saturated carbocycles. The number of primary amides is 1. The summed E-state index contributed by atoms with van der Waals surface area (Å²) in [5, 5.41) is 49.6. The lowest BCUT2D eigenvalue weighted by Gasteiger charge is -2.66. The molecule has 2 fully saturated rings. The first-order valence-corrected chi connectivity index (χ1v) is 16.1. The van der Waals surface area contributed by atoms with Crippen molar-refractivity contribution in [3.8, 4) is 16.9 Å². The van der Waals surface area contributed by atoms with E-state index >= 15 is 0 Å². The molecule has 3 aliphatic carbocycles. The van der Waals surface area contributed by atoms with E-state index in [2.05, 4.69) is 19.2 Å². The van der Waals surface area contributed by atoms with E-state index in [-0.39, 0.29) is 36.0 Å². The fourth-order valence-electron chi connectivity index (χ4n) is 9.21. The molecule has 2 amide bonds. The number of phenols is 1. The molecule has 8 atom stereocenters. The van der Waals surface area contributed by atoms with Crippen LogP contribution in [-0.4, -0.2) is 68.2 Å². The predicted molar refractivity (Wildman–Crippen MR) is 171 cm³/mol. The molecule has 0 heterocycles. The first-order valence-electron chi connectivity index (χ1n) is 16.1. The van der Waals surface area contributed by atoms with E-state index in [4.69, 9.17) is 5.73 Å². The van der Waals surface area contributed by atoms with Crippen molar-refractivity contribution in [2.24, 2.45) is 46.2 Å². The molecule has 0 radical (unpaired) electrons. The number of aliphatic hydroxyl groups excluding tert-OH is 2. The van der Waals surface area contributed by atoms with Gasteiger partial charge in [0.2, 0.25) is 5.91 Å². The van der Waals surface area contributed by atoms with E-state index in [0.29, 0.717) is 34.7 Å². The Bertz CT molecular complexity index is 1600. The minimum atomic E-state index is -2.57. The lowest BCUT2D eigenvalue weighted by atomic mass is 9.39. The number of nitrogens with one attached hydrogen (secondary N) is 1. The lowest BCUT2D eigenvalue weighted by Crippen LogP contribution is -2.79. The normalized spacial score (nSPS) is 33.8. The van der Waals surface area contributed by atoms with E-state index in [0.717, 1.165) is 6.42 Å². The minimum Gasteiger partial charge on any atom is -0.507 e. The SMILES string of the molecule is CC(C)CCNC(=O)c1cccc(-c2ccc(O)c3c2C[C@]2(C)C[C@]4(C)[C@@H](C(C)C)C(O)[C@@H](C(N)=O)C(=O)[C@]4(O)C(O)[C@H]2C3=O)c1. The maximum Gasteiger partial charge on any atom is 0.251 e. The topological polar surface area (TPSA) is 187 Å². The highest BCUT2D eigenvalue weighted by Crippen LogP contribution is 2.66. The molecule has 3 aliphatic rings. The molecule has 0 aromatic heterocycles. The third kappa shape index (κ3) is 4.88. The van der Waals surface area contributed by atoms with Crippen LogP contribution < -0.4 is 11.1 Å². The van der Waals surface area contributed by atoms with Gasteiger partial charge in [-0.3, -0.25) is 19.2 Å². The molecule has 46 heavy (non-hydrogen) atoms. The average Bonchev–Trinajstić information content (AvgIpc) is 2.94. The van der Waals surface area contributed by atoms with Crippen molar-refractivity contribution in [1.29, 1.82) is 0 Å². The number of fused-ring (bicyclic) bond motifs is 3. The van der Waals surface area contributed by atoms with Crippen molar-refractivity contribution >= 4 is 23.4 Å². The zero-order chi connectivity index (χ0) is 34.1. The predicted octanol–water partition coefficient (Wildman–Crippen LogP) is 3.02. The molecule has 2 unspecified atom stereocenters. The zero-order valence-electron chi connectivity index (χ0n) is 27.3. The maximum absolute atomic E-state index is 14.4. The number of hydrogen-bond acceptors (Lipinski definition) is 8. The zero-order valence-corrected chi connectivity index (χ0v) is 27.3. The fourth-order valence-corrected chi connectivity index (χ4v) is 9.21. The van der Waals surface area contributed by atoms with E-state index < -0.39 is 63.9 Å². The number of aromatic hydroxyl groups is 1. The Balaban J connectivity index is 1.63. The van der Waals surface area contributed by atoms with E-state index in [9.17, 15) is 39.6 Å². The smallest absolute Gasteiger partial charge is 0.251 e. The highest BCUT2D eigenvalue weighted by atomic mass is 16.4. The Morgan fingerprint density at radius 2 is 1.74 bits per heavy atom. The van der Waals surface area contributed by atoms with Crippen LogP contribution in [0.2, 0.25) is 0 Å².